The topological polar surface area (TPSA) is 78.8 Å². The molecule has 7 nitrogen and oxygen atoms in total. The Bertz CT molecular complexity index is 1230. The van der Waals surface area contributed by atoms with E-state index in [0.29, 0.717) is 12.8 Å². The molecule has 3 heterocycles. The molecule has 1 aliphatic heterocycles. The van der Waals surface area contributed by atoms with Crippen molar-refractivity contribution < 1.29 is 4.79 Å². The standard InChI is InChI=1S/C25H30N6O/c1-2-31-22-9-5-4-8-20(22)29-24(31)12-13-25(32)26-18-10-11-19-21(16-18)28-23(27-19)17-30-14-6-3-7-15-30/h4-5,8-11,16H,2-3,6-7,12-15,17H2,1H3,(H,26,32)(H,27,28). The van der Waals surface area contributed by atoms with Crippen molar-refractivity contribution in [2.24, 2.45) is 0 Å². The van der Waals surface area contributed by atoms with E-state index in [1.54, 1.807) is 0 Å². The number of amides is 1. The van der Waals surface area contributed by atoms with E-state index < -0.39 is 0 Å². The van der Waals surface area contributed by atoms with Crippen LogP contribution in [0.15, 0.2) is 42.5 Å². The zero-order valence-electron chi connectivity index (χ0n) is 18.6. The summed E-state index contributed by atoms with van der Waals surface area (Å²) in [7, 11) is 0. The summed E-state index contributed by atoms with van der Waals surface area (Å²) in [6.07, 6.45) is 4.87. The van der Waals surface area contributed by atoms with E-state index >= 15 is 0 Å². The van der Waals surface area contributed by atoms with Crippen molar-refractivity contribution in [3.05, 3.63) is 54.1 Å². The molecule has 4 aromatic rings. The van der Waals surface area contributed by atoms with Crippen LogP contribution >= 0.6 is 0 Å². The summed E-state index contributed by atoms with van der Waals surface area (Å²) in [4.78, 5) is 27.9. The summed E-state index contributed by atoms with van der Waals surface area (Å²) in [5, 5.41) is 3.03. The summed E-state index contributed by atoms with van der Waals surface area (Å²) in [5.41, 5.74) is 4.79. The molecule has 1 amide bonds. The number of benzene rings is 2. The predicted molar refractivity (Wildman–Crippen MR) is 128 cm³/mol. The van der Waals surface area contributed by atoms with Gasteiger partial charge in [0, 0.05) is 25.1 Å². The number of anilines is 1. The molecule has 0 atom stereocenters. The minimum atomic E-state index is -0.00730. The Morgan fingerprint density at radius 2 is 1.91 bits per heavy atom. The van der Waals surface area contributed by atoms with E-state index in [0.717, 1.165) is 65.6 Å². The fourth-order valence-corrected chi connectivity index (χ4v) is 4.66. The number of rotatable bonds is 7. The number of nitrogens with one attached hydrogen (secondary N) is 2. The minimum Gasteiger partial charge on any atom is -0.341 e. The number of nitrogens with zero attached hydrogens (tertiary/aromatic N) is 4. The number of fused-ring (bicyclic) bond motifs is 2. The molecular weight excluding hydrogens is 400 g/mol. The highest BCUT2D eigenvalue weighted by Gasteiger charge is 2.14. The van der Waals surface area contributed by atoms with E-state index in [-0.39, 0.29) is 5.91 Å². The van der Waals surface area contributed by atoms with Gasteiger partial charge in [0.15, 0.2) is 0 Å². The van der Waals surface area contributed by atoms with Gasteiger partial charge < -0.3 is 14.9 Å². The average Bonchev–Trinajstić information content (AvgIpc) is 3.38. The Hall–Kier alpha value is -3.19. The van der Waals surface area contributed by atoms with Crippen LogP contribution in [0.1, 0.15) is 44.3 Å². The number of aromatic amines is 1. The lowest BCUT2D eigenvalue weighted by atomic mass is 10.1. The third kappa shape index (κ3) is 4.39. The van der Waals surface area contributed by atoms with Gasteiger partial charge in [-0.05, 0) is 63.2 Å². The molecule has 0 aliphatic carbocycles. The molecule has 2 aromatic carbocycles. The predicted octanol–water partition coefficient (Wildman–Crippen LogP) is 4.49. The first-order valence-electron chi connectivity index (χ1n) is 11.6. The van der Waals surface area contributed by atoms with Gasteiger partial charge in [-0.15, -0.1) is 0 Å². The number of carbonyl (C=O) groups is 1. The minimum absolute atomic E-state index is 0.00730. The number of likely N-dealkylation sites (tertiary alicyclic amines) is 1. The summed E-state index contributed by atoms with van der Waals surface area (Å²) in [6.45, 7) is 6.09. The van der Waals surface area contributed by atoms with Crippen LogP contribution in [0.4, 0.5) is 5.69 Å². The molecule has 0 bridgehead atoms. The van der Waals surface area contributed by atoms with Crippen molar-refractivity contribution in [2.75, 3.05) is 18.4 Å². The zero-order chi connectivity index (χ0) is 21.9. The molecule has 0 radical (unpaired) electrons. The second-order valence-electron chi connectivity index (χ2n) is 8.56. The number of hydrogen-bond acceptors (Lipinski definition) is 4. The molecule has 2 N–H and O–H groups in total. The Kier molecular flexibility index (Phi) is 5.90. The average molecular weight is 431 g/mol. The van der Waals surface area contributed by atoms with Gasteiger partial charge in [-0.1, -0.05) is 18.6 Å². The molecule has 1 saturated heterocycles. The fourth-order valence-electron chi connectivity index (χ4n) is 4.66. The molecule has 1 fully saturated rings. The monoisotopic (exact) mass is 430 g/mol. The van der Waals surface area contributed by atoms with Gasteiger partial charge in [0.05, 0.1) is 28.6 Å². The van der Waals surface area contributed by atoms with Crippen LogP contribution in [-0.2, 0) is 24.3 Å². The number of hydrogen-bond donors (Lipinski definition) is 2. The number of aryl methyl sites for hydroxylation is 2. The van der Waals surface area contributed by atoms with Crippen LogP contribution in [0.2, 0.25) is 0 Å². The van der Waals surface area contributed by atoms with E-state index in [1.807, 2.05) is 36.4 Å². The van der Waals surface area contributed by atoms with Crippen molar-refractivity contribution in [1.82, 2.24) is 24.4 Å². The van der Waals surface area contributed by atoms with E-state index in [9.17, 15) is 4.79 Å². The van der Waals surface area contributed by atoms with Crippen molar-refractivity contribution in [1.29, 1.82) is 0 Å². The second kappa shape index (κ2) is 9.12. The normalized spacial score (nSPS) is 14.9. The van der Waals surface area contributed by atoms with Gasteiger partial charge in [-0.2, -0.15) is 0 Å². The number of carbonyl (C=O) groups excluding carboxylic acids is 1. The molecule has 2 aromatic heterocycles. The number of aromatic nitrogens is 4. The van der Waals surface area contributed by atoms with Gasteiger partial charge in [-0.25, -0.2) is 9.97 Å². The van der Waals surface area contributed by atoms with Crippen LogP contribution in [0.25, 0.3) is 22.1 Å². The Balaban J connectivity index is 1.23. The maximum Gasteiger partial charge on any atom is 0.224 e. The SMILES string of the molecule is CCn1c(CCC(=O)Nc2ccc3nc(CN4CCCCC4)[nH]c3c2)nc2ccccc21. The Morgan fingerprint density at radius 1 is 1.06 bits per heavy atom. The smallest absolute Gasteiger partial charge is 0.224 e. The number of H-pyrrole nitrogens is 1. The van der Waals surface area contributed by atoms with Crippen LogP contribution < -0.4 is 5.32 Å². The van der Waals surface area contributed by atoms with Crippen LogP contribution in [0, 0.1) is 0 Å². The summed E-state index contributed by atoms with van der Waals surface area (Å²) >= 11 is 0. The first-order chi connectivity index (χ1) is 15.7. The van der Waals surface area contributed by atoms with Crippen LogP contribution in [0.5, 0.6) is 0 Å². The molecule has 1 aliphatic rings. The first-order valence-corrected chi connectivity index (χ1v) is 11.6. The van der Waals surface area contributed by atoms with Crippen LogP contribution in [-0.4, -0.2) is 43.4 Å². The molecule has 0 saturated carbocycles. The molecule has 7 heteroatoms. The highest BCUT2D eigenvalue weighted by molar-refractivity contribution is 5.93. The first kappa shape index (κ1) is 20.7. The lowest BCUT2D eigenvalue weighted by molar-refractivity contribution is -0.116. The van der Waals surface area contributed by atoms with Crippen molar-refractivity contribution in [2.45, 2.75) is 52.1 Å². The second-order valence-corrected chi connectivity index (χ2v) is 8.56. The maximum absolute atomic E-state index is 12.6. The van der Waals surface area contributed by atoms with Crippen molar-refractivity contribution in [3.63, 3.8) is 0 Å². The van der Waals surface area contributed by atoms with Gasteiger partial charge in [-0.3, -0.25) is 9.69 Å². The van der Waals surface area contributed by atoms with Gasteiger partial charge in [0.1, 0.15) is 11.6 Å². The molecule has 5 rings (SSSR count). The Morgan fingerprint density at radius 3 is 2.75 bits per heavy atom. The van der Waals surface area contributed by atoms with Crippen LogP contribution in [0.3, 0.4) is 0 Å². The lowest BCUT2D eigenvalue weighted by Crippen LogP contribution is -2.29. The molecule has 32 heavy (non-hydrogen) atoms. The van der Waals surface area contributed by atoms with Gasteiger partial charge in [0.2, 0.25) is 5.91 Å². The zero-order valence-corrected chi connectivity index (χ0v) is 18.6. The van der Waals surface area contributed by atoms with Crippen molar-refractivity contribution >= 4 is 33.7 Å². The van der Waals surface area contributed by atoms with E-state index in [2.05, 4.69) is 32.8 Å². The quantitative estimate of drug-likeness (QED) is 0.453. The third-order valence-corrected chi connectivity index (χ3v) is 6.26. The van der Waals surface area contributed by atoms with Gasteiger partial charge >= 0.3 is 0 Å². The van der Waals surface area contributed by atoms with E-state index in [1.165, 1.54) is 19.3 Å². The van der Waals surface area contributed by atoms with Crippen molar-refractivity contribution in [3.8, 4) is 0 Å². The third-order valence-electron chi connectivity index (χ3n) is 6.26. The highest BCUT2D eigenvalue weighted by Crippen LogP contribution is 2.20. The van der Waals surface area contributed by atoms with E-state index in [4.69, 9.17) is 9.97 Å². The number of para-hydroxylation sites is 2. The number of piperidine rings is 1. The highest BCUT2D eigenvalue weighted by atomic mass is 16.1. The maximum atomic E-state index is 12.6. The molecule has 0 spiro atoms. The molecule has 166 valence electrons. The largest absolute Gasteiger partial charge is 0.341 e. The summed E-state index contributed by atoms with van der Waals surface area (Å²) in [5.74, 6) is 1.94. The summed E-state index contributed by atoms with van der Waals surface area (Å²) < 4.78 is 2.18. The lowest BCUT2D eigenvalue weighted by Gasteiger charge is -2.25. The summed E-state index contributed by atoms with van der Waals surface area (Å²) in [6, 6.07) is 14.0. The molecule has 0 unspecified atom stereocenters. The number of imidazole rings is 2. The van der Waals surface area contributed by atoms with Gasteiger partial charge in [0.25, 0.3) is 0 Å². The fraction of sp³-hybridized carbons (Fsp3) is 0.400. The molecular formula is C25H30N6O. The Labute approximate surface area is 187 Å².